The zero-order valence-corrected chi connectivity index (χ0v) is 14.0. The smallest absolute Gasteiger partial charge is 0.123 e. The van der Waals surface area contributed by atoms with Gasteiger partial charge in [-0.25, -0.2) is 0 Å². The molecule has 4 rings (SSSR count). The first-order chi connectivity index (χ1) is 11.1. The first kappa shape index (κ1) is 14.8. The Labute approximate surface area is 137 Å². The number of aromatic amines is 1. The molecule has 3 heterocycles. The second kappa shape index (κ2) is 5.68. The molecule has 0 radical (unpaired) electrons. The average molecular weight is 311 g/mol. The zero-order chi connectivity index (χ0) is 15.9. The van der Waals surface area contributed by atoms with Gasteiger partial charge in [-0.05, 0) is 56.5 Å². The number of H-pyrrole nitrogens is 1. The first-order valence-electron chi connectivity index (χ1n) is 8.61. The van der Waals surface area contributed by atoms with Gasteiger partial charge in [0.05, 0.1) is 0 Å². The van der Waals surface area contributed by atoms with Crippen molar-refractivity contribution in [3.05, 3.63) is 47.3 Å². The lowest BCUT2D eigenvalue weighted by molar-refractivity contribution is 0.138. The van der Waals surface area contributed by atoms with Gasteiger partial charge in [0.1, 0.15) is 11.4 Å². The van der Waals surface area contributed by atoms with Gasteiger partial charge in [-0.1, -0.05) is 12.1 Å². The molecule has 122 valence electrons. The van der Waals surface area contributed by atoms with Gasteiger partial charge >= 0.3 is 0 Å². The minimum absolute atomic E-state index is 0.0577. The molecular formula is C19H25N3O. The van der Waals surface area contributed by atoms with Crippen molar-refractivity contribution < 1.29 is 4.74 Å². The molecule has 23 heavy (non-hydrogen) atoms. The third-order valence-electron chi connectivity index (χ3n) is 5.00. The predicted octanol–water partition coefficient (Wildman–Crippen LogP) is 3.50. The highest BCUT2D eigenvalue weighted by Crippen LogP contribution is 2.35. The quantitative estimate of drug-likeness (QED) is 0.943. The molecule has 1 saturated heterocycles. The van der Waals surface area contributed by atoms with Crippen molar-refractivity contribution in [3.8, 4) is 5.75 Å². The molecule has 1 unspecified atom stereocenters. The molecule has 2 aromatic rings. The predicted molar refractivity (Wildman–Crippen MR) is 90.7 cm³/mol. The van der Waals surface area contributed by atoms with Crippen LogP contribution in [0.25, 0.3) is 0 Å². The number of piperidine rings is 1. The summed E-state index contributed by atoms with van der Waals surface area (Å²) in [6, 6.07) is 8.82. The van der Waals surface area contributed by atoms with Gasteiger partial charge in [-0.2, -0.15) is 5.10 Å². The fourth-order valence-electron chi connectivity index (χ4n) is 3.97. The molecule has 1 aromatic heterocycles. The zero-order valence-electron chi connectivity index (χ0n) is 14.0. The Balaban J connectivity index is 1.44. The second-order valence-corrected chi connectivity index (χ2v) is 7.57. The van der Waals surface area contributed by atoms with Crippen LogP contribution in [0.4, 0.5) is 0 Å². The van der Waals surface area contributed by atoms with Gasteiger partial charge in [-0.3, -0.25) is 10.00 Å². The molecule has 4 heteroatoms. The maximum Gasteiger partial charge on any atom is 0.123 e. The fourth-order valence-corrected chi connectivity index (χ4v) is 3.97. The third kappa shape index (κ3) is 3.13. The Morgan fingerprint density at radius 1 is 1.35 bits per heavy atom. The number of rotatable bonds is 3. The van der Waals surface area contributed by atoms with E-state index in [0.717, 1.165) is 25.3 Å². The molecule has 0 amide bonds. The highest BCUT2D eigenvalue weighted by Gasteiger charge is 2.30. The Morgan fingerprint density at radius 3 is 3.09 bits per heavy atom. The van der Waals surface area contributed by atoms with Crippen molar-refractivity contribution >= 4 is 0 Å². The molecule has 1 N–H and O–H groups in total. The van der Waals surface area contributed by atoms with E-state index in [1.54, 1.807) is 0 Å². The second-order valence-electron chi connectivity index (χ2n) is 7.57. The van der Waals surface area contributed by atoms with Crippen LogP contribution < -0.4 is 4.74 Å². The van der Waals surface area contributed by atoms with Crippen LogP contribution in [0.5, 0.6) is 5.75 Å². The van der Waals surface area contributed by atoms with Crippen LogP contribution in [0.2, 0.25) is 0 Å². The van der Waals surface area contributed by atoms with E-state index in [-0.39, 0.29) is 5.60 Å². The van der Waals surface area contributed by atoms with E-state index >= 15 is 0 Å². The number of fused-ring (bicyclic) bond motifs is 1. The van der Waals surface area contributed by atoms with Crippen LogP contribution in [-0.2, 0) is 13.0 Å². The number of hydrogen-bond donors (Lipinski definition) is 1. The Bertz CT molecular complexity index is 678. The van der Waals surface area contributed by atoms with Crippen LogP contribution in [-0.4, -0.2) is 33.8 Å². The number of ether oxygens (including phenoxy) is 1. The molecule has 0 saturated carbocycles. The third-order valence-corrected chi connectivity index (χ3v) is 5.00. The SMILES string of the molecule is CC1(C)Cc2cc(CN3CCCC(c4ccn[nH]4)C3)ccc2O1. The Morgan fingerprint density at radius 2 is 2.26 bits per heavy atom. The van der Waals surface area contributed by atoms with E-state index in [1.807, 2.05) is 6.20 Å². The average Bonchev–Trinajstić information content (AvgIpc) is 3.13. The number of likely N-dealkylation sites (tertiary alicyclic amines) is 1. The number of benzene rings is 1. The number of hydrogen-bond acceptors (Lipinski definition) is 3. The Kier molecular flexibility index (Phi) is 3.64. The van der Waals surface area contributed by atoms with Crippen LogP contribution in [0.3, 0.4) is 0 Å². The summed E-state index contributed by atoms with van der Waals surface area (Å²) in [6.45, 7) is 7.64. The fraction of sp³-hybridized carbons (Fsp3) is 0.526. The molecule has 1 fully saturated rings. The molecule has 2 aliphatic heterocycles. The summed E-state index contributed by atoms with van der Waals surface area (Å²) in [5, 5.41) is 7.24. The minimum atomic E-state index is -0.0577. The molecule has 0 bridgehead atoms. The standard InChI is InChI=1S/C19H25N3O/c1-19(2)11-16-10-14(5-6-18(16)23-19)12-22-9-3-4-15(13-22)17-7-8-20-21-17/h5-8,10,15H,3-4,9,11-13H2,1-2H3,(H,20,21). The van der Waals surface area contributed by atoms with Crippen LogP contribution in [0.1, 0.15) is 49.4 Å². The molecule has 1 aromatic carbocycles. The van der Waals surface area contributed by atoms with Gasteiger partial charge < -0.3 is 4.74 Å². The topological polar surface area (TPSA) is 41.2 Å². The van der Waals surface area contributed by atoms with Crippen molar-refractivity contribution in [2.45, 2.75) is 51.2 Å². The summed E-state index contributed by atoms with van der Waals surface area (Å²) < 4.78 is 5.98. The van der Waals surface area contributed by atoms with Gasteiger partial charge in [0.15, 0.2) is 0 Å². The van der Waals surface area contributed by atoms with Crippen molar-refractivity contribution in [2.75, 3.05) is 13.1 Å². The highest BCUT2D eigenvalue weighted by molar-refractivity contribution is 5.41. The molecule has 0 aliphatic carbocycles. The summed E-state index contributed by atoms with van der Waals surface area (Å²) >= 11 is 0. The van der Waals surface area contributed by atoms with E-state index in [0.29, 0.717) is 5.92 Å². The lowest BCUT2D eigenvalue weighted by Gasteiger charge is -2.32. The van der Waals surface area contributed by atoms with E-state index < -0.39 is 0 Å². The first-order valence-corrected chi connectivity index (χ1v) is 8.61. The van der Waals surface area contributed by atoms with Crippen molar-refractivity contribution in [3.63, 3.8) is 0 Å². The molecule has 4 nitrogen and oxygen atoms in total. The van der Waals surface area contributed by atoms with Gasteiger partial charge in [-0.15, -0.1) is 0 Å². The normalized spacial score (nSPS) is 23.5. The summed E-state index contributed by atoms with van der Waals surface area (Å²) in [7, 11) is 0. The van der Waals surface area contributed by atoms with E-state index in [9.17, 15) is 0 Å². The van der Waals surface area contributed by atoms with Gasteiger partial charge in [0, 0.05) is 37.3 Å². The van der Waals surface area contributed by atoms with Crippen molar-refractivity contribution in [1.29, 1.82) is 0 Å². The lowest BCUT2D eigenvalue weighted by atomic mass is 9.94. The van der Waals surface area contributed by atoms with E-state index in [4.69, 9.17) is 4.74 Å². The largest absolute Gasteiger partial charge is 0.487 e. The van der Waals surface area contributed by atoms with Gasteiger partial charge in [0.2, 0.25) is 0 Å². The number of aromatic nitrogens is 2. The molecule has 2 aliphatic rings. The minimum Gasteiger partial charge on any atom is -0.487 e. The monoisotopic (exact) mass is 311 g/mol. The van der Waals surface area contributed by atoms with Crippen LogP contribution in [0, 0.1) is 0 Å². The molecule has 1 atom stereocenters. The number of nitrogens with one attached hydrogen (secondary N) is 1. The van der Waals surface area contributed by atoms with Gasteiger partial charge in [0.25, 0.3) is 0 Å². The summed E-state index contributed by atoms with van der Waals surface area (Å²) in [5.41, 5.74) is 3.97. The Hall–Kier alpha value is -1.81. The maximum atomic E-state index is 5.98. The number of nitrogens with zero attached hydrogens (tertiary/aromatic N) is 2. The van der Waals surface area contributed by atoms with Crippen molar-refractivity contribution in [2.24, 2.45) is 0 Å². The van der Waals surface area contributed by atoms with Crippen LogP contribution in [0.15, 0.2) is 30.5 Å². The highest BCUT2D eigenvalue weighted by atomic mass is 16.5. The van der Waals surface area contributed by atoms with E-state index in [1.165, 1.54) is 36.2 Å². The van der Waals surface area contributed by atoms with Crippen molar-refractivity contribution in [1.82, 2.24) is 15.1 Å². The summed E-state index contributed by atoms with van der Waals surface area (Å²) in [4.78, 5) is 2.57. The maximum absolute atomic E-state index is 5.98. The summed E-state index contributed by atoms with van der Waals surface area (Å²) in [6.07, 6.45) is 5.37. The molecule has 0 spiro atoms. The van der Waals surface area contributed by atoms with E-state index in [2.05, 4.69) is 53.2 Å². The summed E-state index contributed by atoms with van der Waals surface area (Å²) in [5.74, 6) is 1.65. The lowest BCUT2D eigenvalue weighted by Crippen LogP contribution is -2.34. The van der Waals surface area contributed by atoms with Crippen LogP contribution >= 0.6 is 0 Å². The molecular weight excluding hydrogens is 286 g/mol.